The Labute approximate surface area is 125 Å². The zero-order chi connectivity index (χ0) is 14.1. The molecule has 2 aliphatic heterocycles. The Morgan fingerprint density at radius 1 is 1.30 bits per heavy atom. The third-order valence-corrected chi connectivity index (χ3v) is 4.92. The number of piperazine rings is 1. The molecule has 0 aromatic heterocycles. The molecule has 0 aliphatic carbocycles. The van der Waals surface area contributed by atoms with Crippen molar-refractivity contribution in [3.05, 3.63) is 28.8 Å². The van der Waals surface area contributed by atoms with Crippen molar-refractivity contribution in [2.24, 2.45) is 0 Å². The highest BCUT2D eigenvalue weighted by molar-refractivity contribution is 6.32. The average Bonchev–Trinajstić information content (AvgIpc) is 2.46. The topological polar surface area (TPSA) is 30.3 Å². The van der Waals surface area contributed by atoms with Gasteiger partial charge < -0.3 is 4.90 Å². The fraction of sp³-hybridized carbons (Fsp3) is 0.562. The molecule has 2 fully saturated rings. The molecule has 0 radical (unpaired) electrons. The van der Waals surface area contributed by atoms with E-state index in [0.29, 0.717) is 22.7 Å². The van der Waals surface area contributed by atoms with Crippen molar-refractivity contribution in [1.82, 2.24) is 4.90 Å². The van der Waals surface area contributed by atoms with Gasteiger partial charge in [-0.1, -0.05) is 24.1 Å². The van der Waals surface area contributed by atoms with Crippen LogP contribution in [0.1, 0.15) is 31.7 Å². The lowest BCUT2D eigenvalue weighted by Crippen LogP contribution is -2.59. The van der Waals surface area contributed by atoms with Crippen LogP contribution >= 0.6 is 11.6 Å². The molecule has 2 aliphatic rings. The Bertz CT molecular complexity index is 537. The van der Waals surface area contributed by atoms with Crippen LogP contribution in [0.2, 0.25) is 5.02 Å². The smallest absolute Gasteiger partial charge is 0.103 e. The molecular formula is C16H20ClN3. The third-order valence-electron chi connectivity index (χ3n) is 4.60. The summed E-state index contributed by atoms with van der Waals surface area (Å²) in [7, 11) is 0. The minimum absolute atomic E-state index is 0.426. The number of halogens is 1. The van der Waals surface area contributed by atoms with E-state index in [9.17, 15) is 5.26 Å². The van der Waals surface area contributed by atoms with Gasteiger partial charge in [-0.15, -0.1) is 0 Å². The van der Waals surface area contributed by atoms with E-state index in [1.54, 1.807) is 6.07 Å². The molecule has 2 heterocycles. The fourth-order valence-electron chi connectivity index (χ4n) is 3.55. The lowest BCUT2D eigenvalue weighted by molar-refractivity contribution is 0.115. The first-order valence-corrected chi connectivity index (χ1v) is 7.78. The van der Waals surface area contributed by atoms with Gasteiger partial charge in [0, 0.05) is 25.2 Å². The summed E-state index contributed by atoms with van der Waals surface area (Å²) in [5.74, 6) is 0. The number of nitriles is 1. The molecule has 106 valence electrons. The van der Waals surface area contributed by atoms with Gasteiger partial charge in [-0.05, 0) is 38.4 Å². The van der Waals surface area contributed by atoms with Gasteiger partial charge in [-0.2, -0.15) is 5.26 Å². The van der Waals surface area contributed by atoms with Gasteiger partial charge in [0.15, 0.2) is 0 Å². The van der Waals surface area contributed by atoms with Crippen molar-refractivity contribution in [3.63, 3.8) is 0 Å². The lowest BCUT2D eigenvalue weighted by atomic mass is 9.96. The molecule has 0 spiro atoms. The van der Waals surface area contributed by atoms with E-state index in [1.165, 1.54) is 25.8 Å². The maximum atomic E-state index is 9.38. The number of rotatable bonds is 1. The second-order valence-corrected chi connectivity index (χ2v) is 6.30. The molecule has 0 N–H and O–H groups in total. The molecule has 4 heteroatoms. The van der Waals surface area contributed by atoms with Crippen LogP contribution < -0.4 is 4.90 Å². The van der Waals surface area contributed by atoms with E-state index in [2.05, 4.69) is 22.8 Å². The van der Waals surface area contributed by atoms with Gasteiger partial charge in [-0.25, -0.2) is 0 Å². The lowest BCUT2D eigenvalue weighted by Gasteiger charge is -2.48. The molecule has 2 atom stereocenters. The summed E-state index contributed by atoms with van der Waals surface area (Å²) in [6.07, 6.45) is 3.92. The highest BCUT2D eigenvalue weighted by Gasteiger charge is 2.33. The van der Waals surface area contributed by atoms with Crippen LogP contribution in [0.15, 0.2) is 18.2 Å². The highest BCUT2D eigenvalue weighted by Crippen LogP contribution is 2.32. The number of piperidine rings is 1. The van der Waals surface area contributed by atoms with E-state index in [-0.39, 0.29) is 0 Å². The van der Waals surface area contributed by atoms with E-state index in [4.69, 9.17) is 11.6 Å². The van der Waals surface area contributed by atoms with Gasteiger partial charge in [0.2, 0.25) is 0 Å². The van der Waals surface area contributed by atoms with E-state index in [0.717, 1.165) is 18.8 Å². The molecule has 0 amide bonds. The monoisotopic (exact) mass is 289 g/mol. The predicted octanol–water partition coefficient (Wildman–Crippen LogP) is 3.27. The molecule has 1 aromatic carbocycles. The SMILES string of the molecule is CC1CN2CCCCC2CN1c1cccc(Cl)c1C#N. The molecule has 3 nitrogen and oxygen atoms in total. The highest BCUT2D eigenvalue weighted by atomic mass is 35.5. The van der Waals surface area contributed by atoms with Crippen molar-refractivity contribution in [1.29, 1.82) is 5.26 Å². The Morgan fingerprint density at radius 3 is 2.95 bits per heavy atom. The largest absolute Gasteiger partial charge is 0.365 e. The molecule has 2 unspecified atom stereocenters. The quantitative estimate of drug-likeness (QED) is 0.795. The van der Waals surface area contributed by atoms with E-state index >= 15 is 0 Å². The predicted molar refractivity (Wildman–Crippen MR) is 82.2 cm³/mol. The van der Waals surface area contributed by atoms with Crippen molar-refractivity contribution < 1.29 is 0 Å². The van der Waals surface area contributed by atoms with Crippen LogP contribution in [0.4, 0.5) is 5.69 Å². The van der Waals surface area contributed by atoms with Gasteiger partial charge in [0.05, 0.1) is 16.3 Å². The molecule has 1 aromatic rings. The van der Waals surface area contributed by atoms with Gasteiger partial charge >= 0.3 is 0 Å². The summed E-state index contributed by atoms with van der Waals surface area (Å²) in [6.45, 7) is 5.56. The second-order valence-electron chi connectivity index (χ2n) is 5.89. The normalized spacial score (nSPS) is 26.9. The van der Waals surface area contributed by atoms with Crippen molar-refractivity contribution in [2.75, 3.05) is 24.5 Å². The molecule has 0 saturated carbocycles. The number of fused-ring (bicyclic) bond motifs is 1. The standard InChI is InChI=1S/C16H20ClN3/c1-12-10-19-8-3-2-5-13(19)11-20(12)16-7-4-6-15(17)14(16)9-18/h4,6-7,12-13H,2-3,5,8,10-11H2,1H3. The summed E-state index contributed by atoms with van der Waals surface area (Å²) in [5, 5.41) is 9.94. The molecule has 0 bridgehead atoms. The number of nitrogens with zero attached hydrogens (tertiary/aromatic N) is 3. The van der Waals surface area contributed by atoms with Crippen molar-refractivity contribution in [3.8, 4) is 6.07 Å². The van der Waals surface area contributed by atoms with Crippen LogP contribution in [0.3, 0.4) is 0 Å². The van der Waals surface area contributed by atoms with Crippen LogP contribution in [0, 0.1) is 11.3 Å². The van der Waals surface area contributed by atoms with Gasteiger partial charge in [-0.3, -0.25) is 4.90 Å². The summed E-state index contributed by atoms with van der Waals surface area (Å²) in [6, 6.07) is 9.09. The average molecular weight is 290 g/mol. The Kier molecular flexibility index (Phi) is 3.87. The maximum absolute atomic E-state index is 9.38. The Balaban J connectivity index is 1.90. The summed E-state index contributed by atoms with van der Waals surface area (Å²) >= 11 is 6.17. The number of hydrogen-bond acceptors (Lipinski definition) is 3. The van der Waals surface area contributed by atoms with Crippen LogP contribution in [0.5, 0.6) is 0 Å². The second kappa shape index (κ2) is 5.63. The van der Waals surface area contributed by atoms with E-state index < -0.39 is 0 Å². The fourth-order valence-corrected chi connectivity index (χ4v) is 3.76. The zero-order valence-corrected chi connectivity index (χ0v) is 12.6. The maximum Gasteiger partial charge on any atom is 0.103 e. The minimum atomic E-state index is 0.426. The summed E-state index contributed by atoms with van der Waals surface area (Å²) in [5.41, 5.74) is 1.61. The molecule has 3 rings (SSSR count). The van der Waals surface area contributed by atoms with Crippen LogP contribution in [-0.2, 0) is 0 Å². The van der Waals surface area contributed by atoms with Crippen molar-refractivity contribution in [2.45, 2.75) is 38.3 Å². The van der Waals surface area contributed by atoms with E-state index in [1.807, 2.05) is 12.1 Å². The molecule has 2 saturated heterocycles. The van der Waals surface area contributed by atoms with Gasteiger partial charge in [0.25, 0.3) is 0 Å². The first kappa shape index (κ1) is 13.7. The zero-order valence-electron chi connectivity index (χ0n) is 11.8. The number of benzene rings is 1. The van der Waals surface area contributed by atoms with Crippen molar-refractivity contribution >= 4 is 17.3 Å². The molecular weight excluding hydrogens is 270 g/mol. The van der Waals surface area contributed by atoms with Crippen LogP contribution in [0.25, 0.3) is 0 Å². The van der Waals surface area contributed by atoms with Crippen LogP contribution in [-0.4, -0.2) is 36.6 Å². The summed E-state index contributed by atoms with van der Waals surface area (Å²) < 4.78 is 0. The Hall–Kier alpha value is -1.24. The summed E-state index contributed by atoms with van der Waals surface area (Å²) in [4.78, 5) is 4.98. The molecule has 20 heavy (non-hydrogen) atoms. The Morgan fingerprint density at radius 2 is 2.15 bits per heavy atom. The number of anilines is 1. The first-order valence-electron chi connectivity index (χ1n) is 7.40. The van der Waals surface area contributed by atoms with Gasteiger partial charge in [0.1, 0.15) is 6.07 Å². The number of hydrogen-bond donors (Lipinski definition) is 0. The third kappa shape index (κ3) is 2.39. The minimum Gasteiger partial charge on any atom is -0.365 e. The first-order chi connectivity index (χ1) is 9.70.